The van der Waals surface area contributed by atoms with Crippen molar-refractivity contribution in [1.82, 2.24) is 15.1 Å². The van der Waals surface area contributed by atoms with Crippen LogP contribution in [0.4, 0.5) is 0 Å². The van der Waals surface area contributed by atoms with Gasteiger partial charge < -0.3 is 10.1 Å². The Hall–Kier alpha value is -1.36. The van der Waals surface area contributed by atoms with E-state index in [-0.39, 0.29) is 12.0 Å². The highest BCUT2D eigenvalue weighted by atomic mass is 16.5. The zero-order valence-electron chi connectivity index (χ0n) is 12.6. The second-order valence-electron chi connectivity index (χ2n) is 4.76. The first-order chi connectivity index (χ1) is 9.01. The van der Waals surface area contributed by atoms with Crippen LogP contribution < -0.4 is 5.32 Å². The predicted octanol–water partition coefficient (Wildman–Crippen LogP) is 2.12. The number of esters is 1. The van der Waals surface area contributed by atoms with Gasteiger partial charge in [-0.05, 0) is 40.7 Å². The maximum absolute atomic E-state index is 11.0. The maximum atomic E-state index is 11.0. The average Bonchev–Trinajstić information content (AvgIpc) is 2.68. The minimum atomic E-state index is -0.152. The Morgan fingerprint density at radius 1 is 1.47 bits per heavy atom. The number of carbonyl (C=O) groups excluding carboxylic acids is 1. The lowest BCUT2D eigenvalue weighted by Gasteiger charge is -2.14. The molecule has 108 valence electrons. The second kappa shape index (κ2) is 7.28. The number of aromatic nitrogens is 2. The monoisotopic (exact) mass is 267 g/mol. The lowest BCUT2D eigenvalue weighted by Crippen LogP contribution is -2.21. The molecule has 1 heterocycles. The molecule has 0 aliphatic rings. The highest BCUT2D eigenvalue weighted by Gasteiger charge is 2.16. The summed E-state index contributed by atoms with van der Waals surface area (Å²) in [5.41, 5.74) is 3.56. The number of carbonyl (C=O) groups is 1. The van der Waals surface area contributed by atoms with Crippen LogP contribution in [0.1, 0.15) is 49.7 Å². The molecule has 1 aromatic heterocycles. The molecule has 0 amide bonds. The molecule has 5 heteroatoms. The summed E-state index contributed by atoms with van der Waals surface area (Å²) in [6.07, 6.45) is 1.25. The van der Waals surface area contributed by atoms with Crippen molar-refractivity contribution in [2.75, 3.05) is 13.7 Å². The van der Waals surface area contributed by atoms with Gasteiger partial charge in [-0.3, -0.25) is 9.48 Å². The predicted molar refractivity (Wildman–Crippen MR) is 75.0 cm³/mol. The molecule has 0 bridgehead atoms. The molecule has 0 aliphatic carbocycles. The SMILES string of the molecule is CCn1nc(C)c(C(C)NCCCC(=O)OC)c1C. The van der Waals surface area contributed by atoms with Gasteiger partial charge in [0.15, 0.2) is 0 Å². The summed E-state index contributed by atoms with van der Waals surface area (Å²) in [6.45, 7) is 10.1. The molecule has 0 aliphatic heterocycles. The fourth-order valence-corrected chi connectivity index (χ4v) is 2.40. The van der Waals surface area contributed by atoms with Gasteiger partial charge in [0.1, 0.15) is 0 Å². The third kappa shape index (κ3) is 4.06. The number of hydrogen-bond donors (Lipinski definition) is 1. The van der Waals surface area contributed by atoms with Crippen LogP contribution in [0, 0.1) is 13.8 Å². The van der Waals surface area contributed by atoms with E-state index in [1.165, 1.54) is 18.4 Å². The summed E-state index contributed by atoms with van der Waals surface area (Å²) in [7, 11) is 1.42. The van der Waals surface area contributed by atoms with Crippen LogP contribution in [0.25, 0.3) is 0 Å². The first-order valence-electron chi connectivity index (χ1n) is 6.85. The Morgan fingerprint density at radius 3 is 2.68 bits per heavy atom. The molecular formula is C14H25N3O2. The van der Waals surface area contributed by atoms with Gasteiger partial charge in [0.25, 0.3) is 0 Å². The standard InChI is InChI=1S/C14H25N3O2/c1-6-17-12(4)14(11(3)16-17)10(2)15-9-7-8-13(18)19-5/h10,15H,6-9H2,1-5H3. The zero-order valence-corrected chi connectivity index (χ0v) is 12.6. The third-order valence-electron chi connectivity index (χ3n) is 3.41. The molecule has 0 saturated heterocycles. The smallest absolute Gasteiger partial charge is 0.305 e. The van der Waals surface area contributed by atoms with Crippen LogP contribution in [-0.2, 0) is 16.1 Å². The number of methoxy groups -OCH3 is 1. The van der Waals surface area contributed by atoms with Crippen LogP contribution in [0.3, 0.4) is 0 Å². The second-order valence-corrected chi connectivity index (χ2v) is 4.76. The molecular weight excluding hydrogens is 242 g/mol. The van der Waals surface area contributed by atoms with Crippen molar-refractivity contribution in [2.24, 2.45) is 0 Å². The maximum Gasteiger partial charge on any atom is 0.305 e. The molecule has 0 radical (unpaired) electrons. The Kier molecular flexibility index (Phi) is 6.02. The quantitative estimate of drug-likeness (QED) is 0.607. The number of ether oxygens (including phenoxy) is 1. The van der Waals surface area contributed by atoms with Gasteiger partial charge in [0, 0.05) is 30.3 Å². The van der Waals surface area contributed by atoms with Crippen LogP contribution in [0.2, 0.25) is 0 Å². The van der Waals surface area contributed by atoms with Gasteiger partial charge in [0.05, 0.1) is 12.8 Å². The minimum Gasteiger partial charge on any atom is -0.469 e. The van der Waals surface area contributed by atoms with E-state index >= 15 is 0 Å². The number of nitrogens with one attached hydrogen (secondary N) is 1. The molecule has 19 heavy (non-hydrogen) atoms. The van der Waals surface area contributed by atoms with E-state index in [4.69, 9.17) is 0 Å². The van der Waals surface area contributed by atoms with Crippen molar-refractivity contribution < 1.29 is 9.53 Å². The number of nitrogens with zero attached hydrogens (tertiary/aromatic N) is 2. The molecule has 0 aromatic carbocycles. The van der Waals surface area contributed by atoms with Crippen LogP contribution >= 0.6 is 0 Å². The van der Waals surface area contributed by atoms with Gasteiger partial charge in [-0.1, -0.05) is 0 Å². The lowest BCUT2D eigenvalue weighted by atomic mass is 10.1. The van der Waals surface area contributed by atoms with Crippen LogP contribution in [0.15, 0.2) is 0 Å². The van der Waals surface area contributed by atoms with Gasteiger partial charge in [0.2, 0.25) is 0 Å². The van der Waals surface area contributed by atoms with Crippen molar-refractivity contribution in [1.29, 1.82) is 0 Å². The van der Waals surface area contributed by atoms with E-state index in [2.05, 4.69) is 35.9 Å². The molecule has 5 nitrogen and oxygen atoms in total. The minimum absolute atomic E-state index is 0.152. The first kappa shape index (κ1) is 15.7. The molecule has 0 fully saturated rings. The van der Waals surface area contributed by atoms with Gasteiger partial charge in [-0.15, -0.1) is 0 Å². The Balaban J connectivity index is 2.52. The molecule has 1 unspecified atom stereocenters. The summed E-state index contributed by atoms with van der Waals surface area (Å²) in [5.74, 6) is -0.152. The van der Waals surface area contributed by atoms with E-state index in [0.29, 0.717) is 6.42 Å². The molecule has 1 N–H and O–H groups in total. The summed E-state index contributed by atoms with van der Waals surface area (Å²) in [6, 6.07) is 0.248. The number of aryl methyl sites for hydroxylation is 2. The van der Waals surface area contributed by atoms with E-state index in [1.807, 2.05) is 11.6 Å². The van der Waals surface area contributed by atoms with Gasteiger partial charge >= 0.3 is 5.97 Å². The van der Waals surface area contributed by atoms with E-state index < -0.39 is 0 Å². The Morgan fingerprint density at radius 2 is 2.16 bits per heavy atom. The first-order valence-corrected chi connectivity index (χ1v) is 6.85. The van der Waals surface area contributed by atoms with Crippen molar-refractivity contribution >= 4 is 5.97 Å². The molecule has 1 aromatic rings. The van der Waals surface area contributed by atoms with E-state index in [0.717, 1.165) is 25.2 Å². The summed E-state index contributed by atoms with van der Waals surface area (Å²) >= 11 is 0. The normalized spacial score (nSPS) is 12.5. The number of hydrogen-bond acceptors (Lipinski definition) is 4. The van der Waals surface area contributed by atoms with Crippen LogP contribution in [0.5, 0.6) is 0 Å². The van der Waals surface area contributed by atoms with E-state index in [1.54, 1.807) is 0 Å². The Labute approximate surface area is 115 Å². The average molecular weight is 267 g/mol. The summed E-state index contributed by atoms with van der Waals surface area (Å²) in [4.78, 5) is 11.0. The highest BCUT2D eigenvalue weighted by molar-refractivity contribution is 5.69. The van der Waals surface area contributed by atoms with Crippen molar-refractivity contribution in [3.63, 3.8) is 0 Å². The molecule has 0 saturated carbocycles. The molecule has 1 atom stereocenters. The number of rotatable bonds is 7. The van der Waals surface area contributed by atoms with E-state index in [9.17, 15) is 4.79 Å². The highest BCUT2D eigenvalue weighted by Crippen LogP contribution is 2.21. The van der Waals surface area contributed by atoms with Crippen molar-refractivity contribution in [2.45, 2.75) is 53.1 Å². The fourth-order valence-electron chi connectivity index (χ4n) is 2.40. The zero-order chi connectivity index (χ0) is 14.4. The largest absolute Gasteiger partial charge is 0.469 e. The fraction of sp³-hybridized carbons (Fsp3) is 0.714. The van der Waals surface area contributed by atoms with Crippen molar-refractivity contribution in [3.8, 4) is 0 Å². The summed E-state index contributed by atoms with van der Waals surface area (Å²) in [5, 5.41) is 7.96. The third-order valence-corrected chi connectivity index (χ3v) is 3.41. The molecule has 0 spiro atoms. The molecule has 1 rings (SSSR count). The Bertz CT molecular complexity index is 427. The topological polar surface area (TPSA) is 56.2 Å². The van der Waals surface area contributed by atoms with Gasteiger partial charge in [-0.2, -0.15) is 5.10 Å². The lowest BCUT2D eigenvalue weighted by molar-refractivity contribution is -0.140. The van der Waals surface area contributed by atoms with Crippen LogP contribution in [-0.4, -0.2) is 29.4 Å². The van der Waals surface area contributed by atoms with Crippen molar-refractivity contribution in [3.05, 3.63) is 17.0 Å². The van der Waals surface area contributed by atoms with Gasteiger partial charge in [-0.25, -0.2) is 0 Å². The summed E-state index contributed by atoms with van der Waals surface area (Å²) < 4.78 is 6.64.